The Morgan fingerprint density at radius 1 is 1.33 bits per heavy atom. The van der Waals surface area contributed by atoms with E-state index in [2.05, 4.69) is 16.0 Å². The minimum Gasteiger partial charge on any atom is -0.344 e. The van der Waals surface area contributed by atoms with E-state index in [1.54, 1.807) is 0 Å². The number of likely N-dealkylation sites (tertiary alicyclic amines) is 1. The molecule has 1 spiro atoms. The summed E-state index contributed by atoms with van der Waals surface area (Å²) in [6.45, 7) is 5.54. The zero-order chi connectivity index (χ0) is 15.8. The van der Waals surface area contributed by atoms with Gasteiger partial charge in [-0.25, -0.2) is 4.79 Å². The van der Waals surface area contributed by atoms with Gasteiger partial charge < -0.3 is 15.5 Å². The Balaban J connectivity index is 2.09. The van der Waals surface area contributed by atoms with Gasteiger partial charge in [0.05, 0.1) is 6.54 Å². The third kappa shape index (κ3) is 2.84. The highest BCUT2D eigenvalue weighted by atomic mass is 16.2. The lowest BCUT2D eigenvalue weighted by molar-refractivity contribution is -0.136. The minimum absolute atomic E-state index is 0.0649. The molecule has 0 aromatic heterocycles. The molecule has 2 atom stereocenters. The summed E-state index contributed by atoms with van der Waals surface area (Å²) in [4.78, 5) is 48.4. The van der Waals surface area contributed by atoms with Gasteiger partial charge in [0, 0.05) is 13.5 Å². The van der Waals surface area contributed by atoms with E-state index in [0.717, 1.165) is 0 Å². The Bertz CT molecular complexity index is 504. The van der Waals surface area contributed by atoms with Crippen molar-refractivity contribution in [1.82, 2.24) is 20.9 Å². The van der Waals surface area contributed by atoms with Crippen molar-refractivity contribution in [2.24, 2.45) is 5.92 Å². The number of hydrogen-bond acceptors (Lipinski definition) is 4. The normalized spacial score (nSPS) is 26.0. The van der Waals surface area contributed by atoms with E-state index in [1.807, 2.05) is 13.8 Å². The van der Waals surface area contributed by atoms with Gasteiger partial charge >= 0.3 is 6.03 Å². The fourth-order valence-electron chi connectivity index (χ4n) is 2.74. The quantitative estimate of drug-likeness (QED) is 0.578. The van der Waals surface area contributed by atoms with Crippen LogP contribution in [0.4, 0.5) is 4.79 Å². The van der Waals surface area contributed by atoms with Gasteiger partial charge in [0.1, 0.15) is 11.6 Å². The summed E-state index contributed by atoms with van der Waals surface area (Å²) in [5.41, 5.74) is -1.02. The molecule has 0 aliphatic carbocycles. The number of nitrogens with zero attached hydrogens (tertiary/aromatic N) is 1. The second kappa shape index (κ2) is 5.34. The first kappa shape index (κ1) is 15.3. The highest BCUT2D eigenvalue weighted by Crippen LogP contribution is 2.25. The van der Waals surface area contributed by atoms with Gasteiger partial charge in [-0.3, -0.25) is 19.7 Å². The molecule has 2 unspecified atom stereocenters. The van der Waals surface area contributed by atoms with Crippen molar-refractivity contribution in [3.63, 3.8) is 0 Å². The molecule has 5 amide bonds. The van der Waals surface area contributed by atoms with Crippen LogP contribution in [0.3, 0.4) is 0 Å². The van der Waals surface area contributed by atoms with Crippen LogP contribution in [0.5, 0.6) is 0 Å². The van der Waals surface area contributed by atoms with Crippen molar-refractivity contribution in [1.29, 1.82) is 0 Å². The molecule has 2 aliphatic rings. The largest absolute Gasteiger partial charge is 0.344 e. The number of rotatable bonds is 3. The van der Waals surface area contributed by atoms with Gasteiger partial charge in [0.2, 0.25) is 11.8 Å². The molecule has 0 aromatic carbocycles. The van der Waals surface area contributed by atoms with Gasteiger partial charge in [0.25, 0.3) is 5.91 Å². The molecule has 0 aromatic rings. The lowest BCUT2D eigenvalue weighted by atomic mass is 9.99. The fourth-order valence-corrected chi connectivity index (χ4v) is 2.74. The minimum atomic E-state index is -1.02. The van der Waals surface area contributed by atoms with Gasteiger partial charge in [-0.2, -0.15) is 0 Å². The van der Waals surface area contributed by atoms with Crippen LogP contribution in [0.25, 0.3) is 0 Å². The summed E-state index contributed by atoms with van der Waals surface area (Å²) >= 11 is 0. The molecule has 2 fully saturated rings. The topological polar surface area (TPSA) is 108 Å². The maximum atomic E-state index is 12.5. The second-order valence-corrected chi connectivity index (χ2v) is 5.92. The summed E-state index contributed by atoms with van der Waals surface area (Å²) in [6.07, 6.45) is 0.376. The molecule has 8 nitrogen and oxygen atoms in total. The zero-order valence-corrected chi connectivity index (χ0v) is 12.4. The predicted molar refractivity (Wildman–Crippen MR) is 73.0 cm³/mol. The third-order valence-electron chi connectivity index (χ3n) is 3.89. The van der Waals surface area contributed by atoms with Crippen molar-refractivity contribution >= 4 is 23.8 Å². The lowest BCUT2D eigenvalue weighted by Crippen LogP contribution is -2.53. The standard InChI is InChI=1S/C13H20N4O4/c1-7(2)9(14-8(3)18)10(19)17-5-4-13(6-17)11(20)15-12(21)16-13/h7,9H,4-6H2,1-3H3,(H,14,18)(H2,15,16,20,21). The van der Waals surface area contributed by atoms with E-state index in [9.17, 15) is 19.2 Å². The average Bonchev–Trinajstić information content (AvgIpc) is 2.90. The number of carbonyl (C=O) groups excluding carboxylic acids is 4. The van der Waals surface area contributed by atoms with Crippen LogP contribution in [0.2, 0.25) is 0 Å². The molecule has 2 aliphatic heterocycles. The lowest BCUT2D eigenvalue weighted by Gasteiger charge is -2.27. The summed E-state index contributed by atoms with van der Waals surface area (Å²) in [5.74, 6) is -0.970. The summed E-state index contributed by atoms with van der Waals surface area (Å²) in [6, 6.07) is -1.16. The van der Waals surface area contributed by atoms with Crippen molar-refractivity contribution in [2.45, 2.75) is 38.8 Å². The van der Waals surface area contributed by atoms with Crippen LogP contribution >= 0.6 is 0 Å². The molecule has 2 rings (SSSR count). The SMILES string of the molecule is CC(=O)NC(C(=O)N1CCC2(C1)NC(=O)NC2=O)C(C)C. The Kier molecular flexibility index (Phi) is 3.89. The number of urea groups is 1. The highest BCUT2D eigenvalue weighted by Gasteiger charge is 2.52. The van der Waals surface area contributed by atoms with Crippen LogP contribution in [-0.4, -0.2) is 53.3 Å². The third-order valence-corrected chi connectivity index (χ3v) is 3.89. The second-order valence-electron chi connectivity index (χ2n) is 5.92. The molecule has 0 saturated carbocycles. The van der Waals surface area contributed by atoms with Crippen molar-refractivity contribution in [3.05, 3.63) is 0 Å². The number of carbonyl (C=O) groups is 4. The molecule has 116 valence electrons. The molecular formula is C13H20N4O4. The number of nitrogens with one attached hydrogen (secondary N) is 3. The summed E-state index contributed by atoms with van der Waals surface area (Å²) in [5, 5.41) is 7.43. The first-order valence-electron chi connectivity index (χ1n) is 6.95. The van der Waals surface area contributed by atoms with Crippen LogP contribution in [0.1, 0.15) is 27.2 Å². The number of hydrogen-bond donors (Lipinski definition) is 3. The molecule has 2 saturated heterocycles. The molecule has 2 heterocycles. The van der Waals surface area contributed by atoms with Crippen LogP contribution in [0, 0.1) is 5.92 Å². The van der Waals surface area contributed by atoms with Crippen molar-refractivity contribution in [2.75, 3.05) is 13.1 Å². The van der Waals surface area contributed by atoms with Crippen LogP contribution < -0.4 is 16.0 Å². The van der Waals surface area contributed by atoms with Crippen LogP contribution in [0.15, 0.2) is 0 Å². The van der Waals surface area contributed by atoms with Crippen molar-refractivity contribution < 1.29 is 19.2 Å². The average molecular weight is 296 g/mol. The van der Waals surface area contributed by atoms with Gasteiger partial charge in [-0.15, -0.1) is 0 Å². The molecule has 3 N–H and O–H groups in total. The van der Waals surface area contributed by atoms with E-state index >= 15 is 0 Å². The summed E-state index contributed by atoms with van der Waals surface area (Å²) < 4.78 is 0. The zero-order valence-electron chi connectivity index (χ0n) is 12.4. The van der Waals surface area contributed by atoms with Crippen molar-refractivity contribution in [3.8, 4) is 0 Å². The van der Waals surface area contributed by atoms with E-state index in [4.69, 9.17) is 0 Å². The Hall–Kier alpha value is -2.12. The highest BCUT2D eigenvalue weighted by molar-refractivity contribution is 6.07. The molecule has 8 heteroatoms. The summed E-state index contributed by atoms with van der Waals surface area (Å²) in [7, 11) is 0. The van der Waals surface area contributed by atoms with E-state index < -0.39 is 23.5 Å². The first-order chi connectivity index (χ1) is 9.75. The monoisotopic (exact) mass is 296 g/mol. The Morgan fingerprint density at radius 2 is 2.00 bits per heavy atom. The predicted octanol–water partition coefficient (Wildman–Crippen LogP) is -1.04. The Labute approximate surface area is 122 Å². The number of amides is 5. The van der Waals surface area contributed by atoms with Gasteiger partial charge in [-0.1, -0.05) is 13.8 Å². The van der Waals surface area contributed by atoms with E-state index in [1.165, 1.54) is 11.8 Å². The fraction of sp³-hybridized carbons (Fsp3) is 0.692. The number of imide groups is 1. The maximum absolute atomic E-state index is 12.5. The maximum Gasteiger partial charge on any atom is 0.322 e. The van der Waals surface area contributed by atoms with Gasteiger partial charge in [-0.05, 0) is 12.3 Å². The smallest absolute Gasteiger partial charge is 0.322 e. The molecule has 21 heavy (non-hydrogen) atoms. The first-order valence-corrected chi connectivity index (χ1v) is 6.95. The molecular weight excluding hydrogens is 276 g/mol. The van der Waals surface area contributed by atoms with E-state index in [-0.39, 0.29) is 24.3 Å². The molecule has 0 radical (unpaired) electrons. The molecule has 0 bridgehead atoms. The Morgan fingerprint density at radius 3 is 2.48 bits per heavy atom. The van der Waals surface area contributed by atoms with Crippen LogP contribution in [-0.2, 0) is 14.4 Å². The van der Waals surface area contributed by atoms with Gasteiger partial charge in [0.15, 0.2) is 0 Å². The van der Waals surface area contributed by atoms with E-state index in [0.29, 0.717) is 13.0 Å².